The molecule has 1 fully saturated rings. The highest BCUT2D eigenvalue weighted by atomic mass is 15.0. The smallest absolute Gasteiger partial charge is 0.149 e. The maximum absolute atomic E-state index is 5.98. The molecule has 3 N–H and O–H groups in total. The highest BCUT2D eigenvalue weighted by Gasteiger charge is 2.23. The van der Waals surface area contributed by atoms with Gasteiger partial charge in [0, 0.05) is 12.7 Å². The lowest BCUT2D eigenvalue weighted by Gasteiger charge is -2.17. The fourth-order valence-corrected chi connectivity index (χ4v) is 2.46. The van der Waals surface area contributed by atoms with Crippen LogP contribution in [-0.4, -0.2) is 11.5 Å². The standard InChI is InChI=1S/C13H21N3/c1-9-4-3-5-11(9)8-16-13-12(14)10(2)6-7-15-13/h6-7,9,11H,3-5,8,14H2,1-2H3,(H,15,16). The number of nitrogens with one attached hydrogen (secondary N) is 1. The quantitative estimate of drug-likeness (QED) is 0.822. The largest absolute Gasteiger partial charge is 0.396 e. The molecule has 2 rings (SSSR count). The number of nitrogens with two attached hydrogens (primary N) is 1. The number of hydrogen-bond donors (Lipinski definition) is 2. The van der Waals surface area contributed by atoms with Gasteiger partial charge in [0.05, 0.1) is 5.69 Å². The molecule has 0 aromatic carbocycles. The Labute approximate surface area is 97.5 Å². The summed E-state index contributed by atoms with van der Waals surface area (Å²) in [6.07, 6.45) is 5.87. The number of hydrogen-bond acceptors (Lipinski definition) is 3. The summed E-state index contributed by atoms with van der Waals surface area (Å²) in [6, 6.07) is 1.94. The van der Waals surface area contributed by atoms with Gasteiger partial charge in [-0.2, -0.15) is 0 Å². The van der Waals surface area contributed by atoms with Crippen LogP contribution in [0.1, 0.15) is 31.7 Å². The first kappa shape index (κ1) is 11.2. The Balaban J connectivity index is 1.96. The molecule has 1 saturated carbocycles. The van der Waals surface area contributed by atoms with Crippen molar-refractivity contribution in [1.82, 2.24) is 4.98 Å². The Bertz CT molecular complexity index is 362. The van der Waals surface area contributed by atoms with E-state index in [9.17, 15) is 0 Å². The summed E-state index contributed by atoms with van der Waals surface area (Å²) >= 11 is 0. The molecule has 0 saturated heterocycles. The van der Waals surface area contributed by atoms with Gasteiger partial charge in [0.1, 0.15) is 5.82 Å². The van der Waals surface area contributed by atoms with Crippen LogP contribution in [0.3, 0.4) is 0 Å². The number of aryl methyl sites for hydroxylation is 1. The van der Waals surface area contributed by atoms with Gasteiger partial charge in [0.2, 0.25) is 0 Å². The van der Waals surface area contributed by atoms with E-state index in [2.05, 4.69) is 17.2 Å². The second-order valence-corrected chi connectivity index (χ2v) is 4.94. The van der Waals surface area contributed by atoms with Crippen LogP contribution >= 0.6 is 0 Å². The second kappa shape index (κ2) is 4.73. The van der Waals surface area contributed by atoms with Gasteiger partial charge in [-0.15, -0.1) is 0 Å². The minimum absolute atomic E-state index is 0.779. The molecule has 88 valence electrons. The van der Waals surface area contributed by atoms with E-state index in [4.69, 9.17) is 5.73 Å². The summed E-state index contributed by atoms with van der Waals surface area (Å²) in [5.74, 6) is 2.46. The maximum Gasteiger partial charge on any atom is 0.149 e. The lowest BCUT2D eigenvalue weighted by molar-refractivity contribution is 0.439. The van der Waals surface area contributed by atoms with Crippen LogP contribution in [0.5, 0.6) is 0 Å². The van der Waals surface area contributed by atoms with E-state index in [0.29, 0.717) is 0 Å². The third-order valence-electron chi connectivity index (χ3n) is 3.78. The zero-order chi connectivity index (χ0) is 11.5. The zero-order valence-electron chi connectivity index (χ0n) is 10.2. The molecule has 0 spiro atoms. The van der Waals surface area contributed by atoms with E-state index in [-0.39, 0.29) is 0 Å². The van der Waals surface area contributed by atoms with Crippen LogP contribution in [-0.2, 0) is 0 Å². The van der Waals surface area contributed by atoms with Crippen LogP contribution in [0.2, 0.25) is 0 Å². The van der Waals surface area contributed by atoms with E-state index >= 15 is 0 Å². The van der Waals surface area contributed by atoms with Crippen molar-refractivity contribution < 1.29 is 0 Å². The third-order valence-corrected chi connectivity index (χ3v) is 3.78. The molecule has 0 aliphatic heterocycles. The zero-order valence-corrected chi connectivity index (χ0v) is 10.2. The fourth-order valence-electron chi connectivity index (χ4n) is 2.46. The highest BCUT2D eigenvalue weighted by Crippen LogP contribution is 2.31. The Morgan fingerprint density at radius 3 is 3.00 bits per heavy atom. The highest BCUT2D eigenvalue weighted by molar-refractivity contribution is 5.64. The third kappa shape index (κ3) is 2.29. The van der Waals surface area contributed by atoms with Gasteiger partial charge in [-0.25, -0.2) is 4.98 Å². The summed E-state index contributed by atoms with van der Waals surface area (Å²) in [6.45, 7) is 5.36. The molecule has 1 aromatic heterocycles. The SMILES string of the molecule is Cc1ccnc(NCC2CCCC2C)c1N. The lowest BCUT2D eigenvalue weighted by Crippen LogP contribution is -2.18. The summed E-state index contributed by atoms with van der Waals surface area (Å²) < 4.78 is 0. The van der Waals surface area contributed by atoms with Crippen LogP contribution in [0.15, 0.2) is 12.3 Å². The average molecular weight is 219 g/mol. The number of anilines is 2. The predicted octanol–water partition coefficient (Wildman–Crippen LogP) is 2.82. The van der Waals surface area contributed by atoms with Gasteiger partial charge in [0.25, 0.3) is 0 Å². The molecule has 1 heterocycles. The molecule has 0 amide bonds. The van der Waals surface area contributed by atoms with Crippen molar-refractivity contribution in [2.24, 2.45) is 11.8 Å². The van der Waals surface area contributed by atoms with Crippen molar-refractivity contribution in [3.05, 3.63) is 17.8 Å². The Hall–Kier alpha value is -1.25. The fraction of sp³-hybridized carbons (Fsp3) is 0.615. The lowest BCUT2D eigenvalue weighted by atomic mass is 9.98. The first-order valence-electron chi connectivity index (χ1n) is 6.13. The molecular weight excluding hydrogens is 198 g/mol. The summed E-state index contributed by atoms with van der Waals surface area (Å²) in [4.78, 5) is 4.29. The van der Waals surface area contributed by atoms with E-state index in [0.717, 1.165) is 35.4 Å². The van der Waals surface area contributed by atoms with Crippen molar-refractivity contribution in [2.45, 2.75) is 33.1 Å². The first-order valence-corrected chi connectivity index (χ1v) is 6.13. The molecule has 1 aromatic rings. The molecular formula is C13H21N3. The van der Waals surface area contributed by atoms with Gasteiger partial charge < -0.3 is 11.1 Å². The second-order valence-electron chi connectivity index (χ2n) is 4.94. The average Bonchev–Trinajstić information content (AvgIpc) is 2.67. The van der Waals surface area contributed by atoms with Crippen molar-refractivity contribution in [1.29, 1.82) is 0 Å². The van der Waals surface area contributed by atoms with Crippen LogP contribution in [0.4, 0.5) is 11.5 Å². The van der Waals surface area contributed by atoms with Crippen molar-refractivity contribution in [2.75, 3.05) is 17.6 Å². The van der Waals surface area contributed by atoms with Crippen molar-refractivity contribution >= 4 is 11.5 Å². The van der Waals surface area contributed by atoms with Crippen molar-refractivity contribution in [3.63, 3.8) is 0 Å². The predicted molar refractivity (Wildman–Crippen MR) is 68.4 cm³/mol. The topological polar surface area (TPSA) is 50.9 Å². The molecule has 3 nitrogen and oxygen atoms in total. The minimum atomic E-state index is 0.779. The molecule has 3 heteroatoms. The summed E-state index contributed by atoms with van der Waals surface area (Å²) in [7, 11) is 0. The number of nitrogens with zero attached hydrogens (tertiary/aromatic N) is 1. The minimum Gasteiger partial charge on any atom is -0.396 e. The number of rotatable bonds is 3. The van der Waals surface area contributed by atoms with Gasteiger partial charge in [-0.05, 0) is 36.8 Å². The summed E-state index contributed by atoms with van der Waals surface area (Å²) in [5.41, 5.74) is 7.86. The molecule has 0 bridgehead atoms. The normalized spacial score (nSPS) is 24.6. The monoisotopic (exact) mass is 219 g/mol. The maximum atomic E-state index is 5.98. The van der Waals surface area contributed by atoms with Crippen LogP contribution in [0.25, 0.3) is 0 Å². The van der Waals surface area contributed by atoms with Crippen LogP contribution in [0, 0.1) is 18.8 Å². The molecule has 2 unspecified atom stereocenters. The molecule has 0 radical (unpaired) electrons. The van der Waals surface area contributed by atoms with Crippen molar-refractivity contribution in [3.8, 4) is 0 Å². The molecule has 1 aliphatic carbocycles. The van der Waals surface area contributed by atoms with E-state index in [1.807, 2.05) is 19.2 Å². The van der Waals surface area contributed by atoms with Gasteiger partial charge in [-0.3, -0.25) is 0 Å². The van der Waals surface area contributed by atoms with Gasteiger partial charge >= 0.3 is 0 Å². The van der Waals surface area contributed by atoms with E-state index < -0.39 is 0 Å². The van der Waals surface area contributed by atoms with Crippen LogP contribution < -0.4 is 11.1 Å². The number of pyridine rings is 1. The summed E-state index contributed by atoms with van der Waals surface area (Å²) in [5, 5.41) is 3.39. The molecule has 16 heavy (non-hydrogen) atoms. The molecule has 2 atom stereocenters. The Morgan fingerprint density at radius 2 is 2.31 bits per heavy atom. The number of nitrogen functional groups attached to an aromatic ring is 1. The Kier molecular flexibility index (Phi) is 3.32. The number of aromatic nitrogens is 1. The first-order chi connectivity index (χ1) is 7.68. The molecule has 1 aliphatic rings. The Morgan fingerprint density at radius 1 is 1.50 bits per heavy atom. The van der Waals surface area contributed by atoms with E-state index in [1.54, 1.807) is 0 Å². The van der Waals surface area contributed by atoms with Gasteiger partial charge in [0.15, 0.2) is 0 Å². The van der Waals surface area contributed by atoms with Gasteiger partial charge in [-0.1, -0.05) is 19.8 Å². The van der Waals surface area contributed by atoms with E-state index in [1.165, 1.54) is 19.3 Å².